The first-order chi connectivity index (χ1) is 27.2. The molecule has 4 heteroatoms. The zero-order chi connectivity index (χ0) is 40.0. The minimum atomic E-state index is -0.659. The molecule has 0 fully saturated rings. The molecule has 0 aliphatic heterocycles. The van der Waals surface area contributed by atoms with Crippen molar-refractivity contribution >= 4 is 5.91 Å². The molecule has 2 atom stereocenters. The molecule has 0 radical (unpaired) electrons. The van der Waals surface area contributed by atoms with E-state index >= 15 is 0 Å². The summed E-state index contributed by atoms with van der Waals surface area (Å²) < 4.78 is 0. The summed E-state index contributed by atoms with van der Waals surface area (Å²) in [6.07, 6.45) is 61.3. The molecule has 0 saturated heterocycles. The Hall–Kier alpha value is -1.13. The van der Waals surface area contributed by atoms with Gasteiger partial charge in [0.1, 0.15) is 0 Å². The fraction of sp³-hybridized carbons (Fsp3) is 0.902. The van der Waals surface area contributed by atoms with Crippen molar-refractivity contribution in [3.8, 4) is 0 Å². The summed E-state index contributed by atoms with van der Waals surface area (Å²) in [6.45, 7) is 4.37. The number of carbonyl (C=O) groups is 1. The van der Waals surface area contributed by atoms with Crippen molar-refractivity contribution in [3.63, 3.8) is 0 Å². The lowest BCUT2D eigenvalue weighted by molar-refractivity contribution is -0.123. The molecule has 0 saturated carbocycles. The van der Waals surface area contributed by atoms with Crippen molar-refractivity contribution in [3.05, 3.63) is 24.3 Å². The van der Waals surface area contributed by atoms with Gasteiger partial charge in [-0.15, -0.1) is 0 Å². The van der Waals surface area contributed by atoms with Gasteiger partial charge in [0.15, 0.2) is 0 Å². The van der Waals surface area contributed by atoms with E-state index in [1.54, 1.807) is 0 Å². The van der Waals surface area contributed by atoms with Crippen molar-refractivity contribution in [2.45, 2.75) is 289 Å². The van der Waals surface area contributed by atoms with Gasteiger partial charge in [-0.2, -0.15) is 0 Å². The Bertz CT molecular complexity index is 795. The monoisotopic (exact) mass is 774 g/mol. The highest BCUT2D eigenvalue weighted by Crippen LogP contribution is 2.17. The van der Waals surface area contributed by atoms with E-state index in [1.165, 1.54) is 218 Å². The summed E-state index contributed by atoms with van der Waals surface area (Å²) >= 11 is 0. The van der Waals surface area contributed by atoms with Crippen LogP contribution in [0.25, 0.3) is 0 Å². The summed E-state index contributed by atoms with van der Waals surface area (Å²) in [7, 11) is 0. The minimum absolute atomic E-state index is 0.0302. The third-order valence-corrected chi connectivity index (χ3v) is 11.7. The number of carbonyl (C=O) groups excluding carboxylic acids is 1. The maximum Gasteiger partial charge on any atom is 0.220 e. The fourth-order valence-corrected chi connectivity index (χ4v) is 7.86. The summed E-state index contributed by atoms with van der Waals surface area (Å²) in [5.41, 5.74) is 0. The van der Waals surface area contributed by atoms with Gasteiger partial charge in [-0.05, 0) is 44.9 Å². The van der Waals surface area contributed by atoms with Gasteiger partial charge in [0.05, 0.1) is 18.8 Å². The SMILES string of the molecule is CCCCCCC/C=C\C/C=C\CCCCCCCCCCCCCC(=O)NC(CO)C(O)CCCCCCCCCCCCCCCCCCCCCC. The van der Waals surface area contributed by atoms with Crippen LogP contribution in [0.3, 0.4) is 0 Å². The van der Waals surface area contributed by atoms with Crippen LogP contribution in [0.15, 0.2) is 24.3 Å². The van der Waals surface area contributed by atoms with Gasteiger partial charge in [0, 0.05) is 6.42 Å². The molecule has 0 aliphatic rings. The second-order valence-corrected chi connectivity index (χ2v) is 17.2. The van der Waals surface area contributed by atoms with Crippen LogP contribution in [0, 0.1) is 0 Å². The van der Waals surface area contributed by atoms with E-state index in [-0.39, 0.29) is 12.5 Å². The van der Waals surface area contributed by atoms with Crippen LogP contribution in [0.2, 0.25) is 0 Å². The standard InChI is InChI=1S/C51H99NO3/c1-3-5-7-9-11-13-15-17-19-21-23-25-26-27-29-31-33-35-37-39-41-43-45-47-51(55)52-49(48-53)50(54)46-44-42-40-38-36-34-32-30-28-24-22-20-18-16-14-12-10-8-6-4-2/h15,17,21,23,49-50,53-54H,3-14,16,18-20,22,24-48H2,1-2H3,(H,52,55)/b17-15-,23-21-. The Kier molecular flexibility index (Phi) is 46.3. The van der Waals surface area contributed by atoms with Gasteiger partial charge in [-0.3, -0.25) is 4.79 Å². The molecule has 0 aromatic rings. The Morgan fingerprint density at radius 1 is 0.436 bits per heavy atom. The predicted molar refractivity (Wildman–Crippen MR) is 244 cm³/mol. The molecule has 0 aliphatic carbocycles. The second kappa shape index (κ2) is 47.2. The van der Waals surface area contributed by atoms with Gasteiger partial charge >= 0.3 is 0 Å². The third-order valence-electron chi connectivity index (χ3n) is 11.7. The summed E-state index contributed by atoms with van der Waals surface area (Å²) in [5.74, 6) is -0.0302. The van der Waals surface area contributed by atoms with Crippen molar-refractivity contribution < 1.29 is 15.0 Å². The molecule has 4 nitrogen and oxygen atoms in total. The van der Waals surface area contributed by atoms with Gasteiger partial charge in [-0.1, -0.05) is 250 Å². The Morgan fingerprint density at radius 3 is 1.09 bits per heavy atom. The minimum Gasteiger partial charge on any atom is -0.394 e. The van der Waals surface area contributed by atoms with Crippen LogP contribution in [0.4, 0.5) is 0 Å². The van der Waals surface area contributed by atoms with Crippen molar-refractivity contribution in [2.75, 3.05) is 6.61 Å². The van der Waals surface area contributed by atoms with Crippen molar-refractivity contribution in [1.82, 2.24) is 5.32 Å². The predicted octanol–water partition coefficient (Wildman–Crippen LogP) is 16.0. The van der Waals surface area contributed by atoms with Gasteiger partial charge < -0.3 is 15.5 Å². The molecule has 0 rings (SSSR count). The normalized spacial score (nSPS) is 13.0. The Balaban J connectivity index is 3.48. The molecule has 0 spiro atoms. The van der Waals surface area contributed by atoms with Crippen LogP contribution in [-0.4, -0.2) is 34.9 Å². The maximum atomic E-state index is 12.5. The number of hydrogen-bond acceptors (Lipinski definition) is 3. The highest BCUT2D eigenvalue weighted by atomic mass is 16.3. The average molecular weight is 774 g/mol. The van der Waals surface area contributed by atoms with E-state index in [0.717, 1.165) is 32.1 Å². The summed E-state index contributed by atoms with van der Waals surface area (Å²) in [5, 5.41) is 23.3. The van der Waals surface area contributed by atoms with E-state index in [0.29, 0.717) is 12.8 Å². The molecule has 0 aromatic carbocycles. The van der Waals surface area contributed by atoms with Gasteiger partial charge in [0.25, 0.3) is 0 Å². The van der Waals surface area contributed by atoms with Crippen molar-refractivity contribution in [1.29, 1.82) is 0 Å². The lowest BCUT2D eigenvalue weighted by atomic mass is 10.0. The smallest absolute Gasteiger partial charge is 0.220 e. The van der Waals surface area contributed by atoms with Crippen molar-refractivity contribution in [2.24, 2.45) is 0 Å². The molecular weight excluding hydrogens is 675 g/mol. The van der Waals surface area contributed by atoms with E-state index in [9.17, 15) is 15.0 Å². The van der Waals surface area contributed by atoms with E-state index in [2.05, 4.69) is 43.5 Å². The molecule has 0 heterocycles. The molecule has 326 valence electrons. The number of nitrogens with one attached hydrogen (secondary N) is 1. The number of allylic oxidation sites excluding steroid dienone is 4. The molecule has 0 bridgehead atoms. The summed E-state index contributed by atoms with van der Waals surface area (Å²) in [6, 6.07) is -0.536. The number of hydrogen-bond donors (Lipinski definition) is 3. The third kappa shape index (κ3) is 43.8. The first kappa shape index (κ1) is 53.9. The molecule has 1 amide bonds. The van der Waals surface area contributed by atoms with Crippen LogP contribution in [0.1, 0.15) is 277 Å². The number of rotatable bonds is 46. The molecule has 0 aromatic heterocycles. The van der Waals surface area contributed by atoms with E-state index in [4.69, 9.17) is 0 Å². The molecule has 2 unspecified atom stereocenters. The number of aliphatic hydroxyl groups is 2. The second-order valence-electron chi connectivity index (χ2n) is 17.2. The van der Waals surface area contributed by atoms with Crippen LogP contribution >= 0.6 is 0 Å². The van der Waals surface area contributed by atoms with Crippen LogP contribution in [-0.2, 0) is 4.79 Å². The quantitative estimate of drug-likeness (QED) is 0.0426. The first-order valence-electron chi connectivity index (χ1n) is 25.0. The molecule has 55 heavy (non-hydrogen) atoms. The Morgan fingerprint density at radius 2 is 0.745 bits per heavy atom. The van der Waals surface area contributed by atoms with E-state index in [1.807, 2.05) is 0 Å². The fourth-order valence-electron chi connectivity index (χ4n) is 7.86. The number of amides is 1. The van der Waals surface area contributed by atoms with Crippen LogP contribution in [0.5, 0.6) is 0 Å². The largest absolute Gasteiger partial charge is 0.394 e. The lowest BCUT2D eigenvalue weighted by Gasteiger charge is -2.22. The lowest BCUT2D eigenvalue weighted by Crippen LogP contribution is -2.45. The van der Waals surface area contributed by atoms with Gasteiger partial charge in [0.2, 0.25) is 5.91 Å². The van der Waals surface area contributed by atoms with E-state index < -0.39 is 12.1 Å². The zero-order valence-corrected chi connectivity index (χ0v) is 37.5. The molecular formula is C51H99NO3. The Labute approximate surface area is 345 Å². The zero-order valence-electron chi connectivity index (χ0n) is 37.5. The number of aliphatic hydroxyl groups excluding tert-OH is 2. The highest BCUT2D eigenvalue weighted by molar-refractivity contribution is 5.76. The molecule has 3 N–H and O–H groups in total. The van der Waals surface area contributed by atoms with Gasteiger partial charge in [-0.25, -0.2) is 0 Å². The topological polar surface area (TPSA) is 69.6 Å². The highest BCUT2D eigenvalue weighted by Gasteiger charge is 2.20. The summed E-state index contributed by atoms with van der Waals surface area (Å²) in [4.78, 5) is 12.5. The average Bonchev–Trinajstić information content (AvgIpc) is 3.19. The maximum absolute atomic E-state index is 12.5. The first-order valence-corrected chi connectivity index (χ1v) is 25.0. The van der Waals surface area contributed by atoms with Crippen LogP contribution < -0.4 is 5.32 Å². The number of unbranched alkanes of at least 4 members (excludes halogenated alkanes) is 35.